The molecule has 1 aliphatic heterocycles. The maximum absolute atomic E-state index is 13.0. The molecular weight excluding hydrogens is 413 g/mol. The molecule has 1 unspecified atom stereocenters. The molecule has 1 heterocycles. The lowest BCUT2D eigenvalue weighted by molar-refractivity contribution is -0.143. The van der Waals surface area contributed by atoms with Crippen LogP contribution in [-0.4, -0.2) is 25.2 Å². The van der Waals surface area contributed by atoms with E-state index in [1.165, 1.54) is 19.2 Å². The van der Waals surface area contributed by atoms with Gasteiger partial charge < -0.3 is 20.1 Å². The number of carbonyl (C=O) groups excluding carboxylic acids is 2. The highest BCUT2D eigenvalue weighted by atomic mass is 19.4. The number of amides is 2. The molecule has 1 aliphatic rings. The Morgan fingerprint density at radius 1 is 1.03 bits per heavy atom. The summed E-state index contributed by atoms with van der Waals surface area (Å²) >= 11 is 0. The number of methoxy groups -OCH3 is 1. The summed E-state index contributed by atoms with van der Waals surface area (Å²) in [5, 5.41) is 5.22. The number of carbonyl (C=O) groups is 2. The zero-order chi connectivity index (χ0) is 22.8. The van der Waals surface area contributed by atoms with Crippen molar-refractivity contribution in [1.82, 2.24) is 10.6 Å². The number of nitrogens with one attached hydrogen (secondary N) is 2. The zero-order valence-corrected chi connectivity index (χ0v) is 17.0. The highest BCUT2D eigenvalue weighted by molar-refractivity contribution is 6.04. The zero-order valence-electron chi connectivity index (χ0n) is 17.0. The van der Waals surface area contributed by atoms with Gasteiger partial charge in [-0.05, 0) is 61.4 Å². The van der Waals surface area contributed by atoms with Crippen LogP contribution >= 0.6 is 0 Å². The third kappa shape index (κ3) is 4.99. The lowest BCUT2D eigenvalue weighted by Gasteiger charge is -2.30. The summed E-state index contributed by atoms with van der Waals surface area (Å²) < 4.78 is 49.3. The van der Waals surface area contributed by atoms with Gasteiger partial charge in [0.1, 0.15) is 5.75 Å². The van der Waals surface area contributed by atoms with Gasteiger partial charge in [-0.2, -0.15) is 13.2 Å². The fourth-order valence-corrected chi connectivity index (χ4v) is 3.16. The summed E-state index contributed by atoms with van der Waals surface area (Å²) in [6.07, 6.45) is -4.94. The number of hydrogen-bond donors (Lipinski definition) is 2. The molecule has 164 valence electrons. The van der Waals surface area contributed by atoms with Crippen LogP contribution < -0.4 is 15.4 Å². The summed E-state index contributed by atoms with van der Waals surface area (Å²) in [5.41, 5.74) is 0.287. The minimum absolute atomic E-state index is 0.0817. The molecule has 0 spiro atoms. The summed E-state index contributed by atoms with van der Waals surface area (Å²) in [5.74, 6) is -0.117. The van der Waals surface area contributed by atoms with E-state index in [4.69, 9.17) is 9.47 Å². The van der Waals surface area contributed by atoms with Gasteiger partial charge in [-0.1, -0.05) is 12.1 Å². The van der Waals surface area contributed by atoms with Crippen molar-refractivity contribution in [2.75, 3.05) is 7.11 Å². The second-order valence-corrected chi connectivity index (χ2v) is 7.12. The number of esters is 1. The van der Waals surface area contributed by atoms with Crippen molar-refractivity contribution in [3.8, 4) is 5.75 Å². The fourth-order valence-electron chi connectivity index (χ4n) is 3.16. The lowest BCUT2D eigenvalue weighted by atomic mass is 9.92. The molecule has 2 aromatic carbocycles. The van der Waals surface area contributed by atoms with Crippen LogP contribution in [0.2, 0.25) is 0 Å². The van der Waals surface area contributed by atoms with Crippen LogP contribution in [0.1, 0.15) is 36.6 Å². The van der Waals surface area contributed by atoms with Crippen LogP contribution in [0, 0.1) is 0 Å². The first kappa shape index (κ1) is 22.2. The van der Waals surface area contributed by atoms with E-state index in [0.29, 0.717) is 16.9 Å². The van der Waals surface area contributed by atoms with Crippen LogP contribution in [-0.2, 0) is 15.7 Å². The van der Waals surface area contributed by atoms with Gasteiger partial charge in [0.25, 0.3) is 0 Å². The molecule has 31 heavy (non-hydrogen) atoms. The fraction of sp³-hybridized carbons (Fsp3) is 0.273. The van der Waals surface area contributed by atoms with Gasteiger partial charge in [-0.15, -0.1) is 0 Å². The summed E-state index contributed by atoms with van der Waals surface area (Å²) in [6, 6.07) is 9.31. The predicted octanol–water partition coefficient (Wildman–Crippen LogP) is 4.43. The molecule has 2 aromatic rings. The molecule has 0 fully saturated rings. The van der Waals surface area contributed by atoms with E-state index in [1.807, 2.05) is 0 Å². The Bertz CT molecular complexity index is 997. The average molecular weight is 434 g/mol. The van der Waals surface area contributed by atoms with E-state index < -0.39 is 35.9 Å². The normalized spacial score (nSPS) is 16.6. The largest absolute Gasteiger partial charge is 0.497 e. The smallest absolute Gasteiger partial charge is 0.416 e. The van der Waals surface area contributed by atoms with Gasteiger partial charge in [-0.25, -0.2) is 9.59 Å². The van der Waals surface area contributed by atoms with E-state index in [-0.39, 0.29) is 11.3 Å². The molecule has 0 saturated heterocycles. The number of ether oxygens (including phenoxy) is 2. The second-order valence-electron chi connectivity index (χ2n) is 7.12. The molecule has 3 rings (SSSR count). The van der Waals surface area contributed by atoms with E-state index in [2.05, 4.69) is 10.6 Å². The van der Waals surface area contributed by atoms with Gasteiger partial charge in [0, 0.05) is 0 Å². The number of alkyl halides is 3. The number of hydrogen-bond acceptors (Lipinski definition) is 4. The van der Waals surface area contributed by atoms with Crippen LogP contribution in [0.3, 0.4) is 0 Å². The number of urea groups is 1. The first-order valence-corrected chi connectivity index (χ1v) is 9.44. The molecule has 0 bridgehead atoms. The van der Waals surface area contributed by atoms with Crippen LogP contribution in [0.5, 0.6) is 5.75 Å². The number of halogens is 3. The van der Waals surface area contributed by atoms with Crippen molar-refractivity contribution < 1.29 is 32.2 Å². The maximum Gasteiger partial charge on any atom is 0.416 e. The Morgan fingerprint density at radius 3 is 2.16 bits per heavy atom. The van der Waals surface area contributed by atoms with Gasteiger partial charge in [0.15, 0.2) is 0 Å². The minimum Gasteiger partial charge on any atom is -0.497 e. The third-order valence-corrected chi connectivity index (χ3v) is 4.58. The minimum atomic E-state index is -4.50. The molecular formula is C22H21F3N2O4. The molecule has 0 radical (unpaired) electrons. The van der Waals surface area contributed by atoms with E-state index >= 15 is 0 Å². The van der Waals surface area contributed by atoms with Crippen molar-refractivity contribution in [2.45, 2.75) is 32.2 Å². The van der Waals surface area contributed by atoms with Crippen molar-refractivity contribution in [3.05, 3.63) is 70.8 Å². The van der Waals surface area contributed by atoms with E-state index in [9.17, 15) is 22.8 Å². The van der Waals surface area contributed by atoms with Crippen LogP contribution in [0.25, 0.3) is 5.70 Å². The van der Waals surface area contributed by atoms with Crippen molar-refractivity contribution in [1.29, 1.82) is 0 Å². The van der Waals surface area contributed by atoms with Crippen molar-refractivity contribution in [3.63, 3.8) is 0 Å². The maximum atomic E-state index is 13.0. The van der Waals surface area contributed by atoms with Gasteiger partial charge in [-0.3, -0.25) is 0 Å². The number of rotatable bonds is 5. The van der Waals surface area contributed by atoms with Crippen molar-refractivity contribution >= 4 is 17.7 Å². The highest BCUT2D eigenvalue weighted by Crippen LogP contribution is 2.35. The van der Waals surface area contributed by atoms with Gasteiger partial charge in [0.2, 0.25) is 0 Å². The molecule has 6 nitrogen and oxygen atoms in total. The Balaban J connectivity index is 2.13. The first-order valence-electron chi connectivity index (χ1n) is 9.44. The van der Waals surface area contributed by atoms with Crippen molar-refractivity contribution in [2.24, 2.45) is 0 Å². The summed E-state index contributed by atoms with van der Waals surface area (Å²) in [4.78, 5) is 25.3. The highest BCUT2D eigenvalue weighted by Gasteiger charge is 2.36. The Morgan fingerprint density at radius 2 is 1.65 bits per heavy atom. The average Bonchev–Trinajstić information content (AvgIpc) is 2.72. The Kier molecular flexibility index (Phi) is 6.24. The second kappa shape index (κ2) is 8.71. The van der Waals surface area contributed by atoms with E-state index in [0.717, 1.165) is 12.1 Å². The molecule has 2 amide bonds. The first-order chi connectivity index (χ1) is 14.6. The Labute approximate surface area is 177 Å². The SMILES string of the molecule is COc1ccc(C2=C(C(=O)OC(C)C)C(c3ccc(C(F)(F)F)cc3)NC(=O)N2)cc1. The quantitative estimate of drug-likeness (QED) is 0.683. The molecule has 1 atom stereocenters. The standard InChI is InChI=1S/C22H21F3N2O4/c1-12(2)31-20(28)17-18(13-4-8-15(9-5-13)22(23,24)25)26-21(29)27-19(17)14-6-10-16(30-3)11-7-14/h4-12,18H,1-3H3,(H2,26,27,29). The predicted molar refractivity (Wildman–Crippen MR) is 107 cm³/mol. The summed E-state index contributed by atoms with van der Waals surface area (Å²) in [6.45, 7) is 3.35. The molecule has 0 aliphatic carbocycles. The van der Waals surface area contributed by atoms with Crippen LogP contribution in [0.15, 0.2) is 54.1 Å². The topological polar surface area (TPSA) is 76.7 Å². The molecule has 0 aromatic heterocycles. The number of benzene rings is 2. The van der Waals surface area contributed by atoms with Gasteiger partial charge >= 0.3 is 18.2 Å². The lowest BCUT2D eigenvalue weighted by Crippen LogP contribution is -2.45. The monoisotopic (exact) mass is 434 g/mol. The Hall–Kier alpha value is -3.49. The molecule has 0 saturated carbocycles. The molecule has 2 N–H and O–H groups in total. The van der Waals surface area contributed by atoms with Crippen LogP contribution in [0.4, 0.5) is 18.0 Å². The van der Waals surface area contributed by atoms with Gasteiger partial charge in [0.05, 0.1) is 36.1 Å². The molecule has 9 heteroatoms. The third-order valence-electron chi connectivity index (χ3n) is 4.58. The van der Waals surface area contributed by atoms with E-state index in [1.54, 1.807) is 38.1 Å². The summed E-state index contributed by atoms with van der Waals surface area (Å²) in [7, 11) is 1.51.